The third-order valence-electron chi connectivity index (χ3n) is 3.87. The van der Waals surface area contributed by atoms with E-state index in [1.807, 2.05) is 54.7 Å². The molecule has 0 saturated carbocycles. The standard InChI is InChI=1S/C19H22N4O/c1-24-18-7-8-19-16(11-18)9-10-22(19)13-17(20)14-23(21)12-15-5-3-2-4-6-15/h2-11,14H,12-13,20-21H2,1H3/b17-14-. The first-order valence-corrected chi connectivity index (χ1v) is 7.80. The zero-order valence-electron chi connectivity index (χ0n) is 13.7. The van der Waals surface area contributed by atoms with E-state index < -0.39 is 0 Å². The minimum atomic E-state index is 0.582. The molecule has 2 aromatic carbocycles. The summed E-state index contributed by atoms with van der Waals surface area (Å²) in [6.45, 7) is 1.20. The Bertz CT molecular complexity index is 839. The second-order valence-corrected chi connectivity index (χ2v) is 5.73. The molecule has 0 amide bonds. The lowest BCUT2D eigenvalue weighted by Crippen LogP contribution is -2.26. The lowest BCUT2D eigenvalue weighted by molar-refractivity contribution is 0.381. The number of hydrazine groups is 1. The summed E-state index contributed by atoms with van der Waals surface area (Å²) < 4.78 is 7.35. The molecule has 0 atom stereocenters. The zero-order valence-corrected chi connectivity index (χ0v) is 13.7. The predicted octanol–water partition coefficient (Wildman–Crippen LogP) is 2.83. The molecule has 1 heterocycles. The van der Waals surface area contributed by atoms with Crippen LogP contribution in [0.3, 0.4) is 0 Å². The minimum absolute atomic E-state index is 0.582. The molecule has 0 radical (unpaired) electrons. The summed E-state index contributed by atoms with van der Waals surface area (Å²) in [7, 11) is 1.67. The molecule has 5 nitrogen and oxygen atoms in total. The average molecular weight is 322 g/mol. The highest BCUT2D eigenvalue weighted by atomic mass is 16.5. The smallest absolute Gasteiger partial charge is 0.119 e. The highest BCUT2D eigenvalue weighted by molar-refractivity contribution is 5.81. The summed E-state index contributed by atoms with van der Waals surface area (Å²) in [5, 5.41) is 2.73. The Balaban J connectivity index is 1.71. The first kappa shape index (κ1) is 16.0. The van der Waals surface area contributed by atoms with Gasteiger partial charge in [0, 0.05) is 29.0 Å². The third-order valence-corrected chi connectivity index (χ3v) is 3.87. The van der Waals surface area contributed by atoms with Crippen molar-refractivity contribution in [3.8, 4) is 5.75 Å². The molecular formula is C19H22N4O. The van der Waals surface area contributed by atoms with Crippen molar-refractivity contribution in [2.45, 2.75) is 13.1 Å². The molecule has 5 heteroatoms. The number of nitrogens with zero attached hydrogens (tertiary/aromatic N) is 2. The number of hydrogen-bond donors (Lipinski definition) is 2. The van der Waals surface area contributed by atoms with E-state index in [2.05, 4.69) is 10.6 Å². The van der Waals surface area contributed by atoms with Crippen molar-refractivity contribution in [1.29, 1.82) is 0 Å². The summed E-state index contributed by atoms with van der Waals surface area (Å²) in [6, 6.07) is 18.1. The van der Waals surface area contributed by atoms with E-state index in [1.165, 1.54) is 0 Å². The van der Waals surface area contributed by atoms with Crippen LogP contribution >= 0.6 is 0 Å². The lowest BCUT2D eigenvalue weighted by atomic mass is 10.2. The number of ether oxygens (including phenoxy) is 1. The van der Waals surface area contributed by atoms with E-state index in [4.69, 9.17) is 16.3 Å². The van der Waals surface area contributed by atoms with Gasteiger partial charge < -0.3 is 20.0 Å². The molecule has 0 aliphatic carbocycles. The quantitative estimate of drug-likeness (QED) is 0.541. The molecule has 24 heavy (non-hydrogen) atoms. The summed E-state index contributed by atoms with van der Waals surface area (Å²) >= 11 is 0. The van der Waals surface area contributed by atoms with Crippen LogP contribution < -0.4 is 16.3 Å². The highest BCUT2D eigenvalue weighted by Gasteiger charge is 2.04. The van der Waals surface area contributed by atoms with Crippen LogP contribution in [0.1, 0.15) is 5.56 Å². The van der Waals surface area contributed by atoms with Crippen LogP contribution in [-0.4, -0.2) is 16.7 Å². The van der Waals surface area contributed by atoms with Gasteiger partial charge in [-0.3, -0.25) is 0 Å². The van der Waals surface area contributed by atoms with Gasteiger partial charge in [0.05, 0.1) is 20.2 Å². The molecule has 3 aromatic rings. The minimum Gasteiger partial charge on any atom is -0.497 e. The number of fused-ring (bicyclic) bond motifs is 1. The molecule has 0 fully saturated rings. The zero-order chi connectivity index (χ0) is 16.9. The number of aromatic nitrogens is 1. The fraction of sp³-hybridized carbons (Fsp3) is 0.158. The molecule has 1 aromatic heterocycles. The maximum Gasteiger partial charge on any atom is 0.119 e. The summed E-state index contributed by atoms with van der Waals surface area (Å²) in [5.74, 6) is 6.88. The van der Waals surface area contributed by atoms with E-state index in [0.29, 0.717) is 18.8 Å². The van der Waals surface area contributed by atoms with Crippen LogP contribution in [0.4, 0.5) is 0 Å². The van der Waals surface area contributed by atoms with Crippen molar-refractivity contribution in [2.75, 3.05) is 7.11 Å². The average Bonchev–Trinajstić information content (AvgIpc) is 2.97. The topological polar surface area (TPSA) is 69.4 Å². The Labute approximate surface area is 141 Å². The number of methoxy groups -OCH3 is 1. The first-order chi connectivity index (χ1) is 11.7. The Morgan fingerprint density at radius 3 is 2.71 bits per heavy atom. The molecule has 0 bridgehead atoms. The summed E-state index contributed by atoms with van der Waals surface area (Å²) in [6.07, 6.45) is 3.80. The maximum absolute atomic E-state index is 6.16. The normalized spacial score (nSPS) is 11.7. The van der Waals surface area contributed by atoms with Gasteiger partial charge in [0.2, 0.25) is 0 Å². The van der Waals surface area contributed by atoms with E-state index in [-0.39, 0.29) is 0 Å². The fourth-order valence-electron chi connectivity index (χ4n) is 2.73. The summed E-state index contributed by atoms with van der Waals surface area (Å²) in [5.41, 5.74) is 9.11. The SMILES string of the molecule is COc1ccc2c(ccn2C/C(N)=C/N(N)Cc2ccccc2)c1. The molecule has 0 saturated heterocycles. The molecule has 0 spiro atoms. The molecule has 4 N–H and O–H groups in total. The van der Waals surface area contributed by atoms with Gasteiger partial charge in [0.15, 0.2) is 0 Å². The highest BCUT2D eigenvalue weighted by Crippen LogP contribution is 2.22. The van der Waals surface area contributed by atoms with Crippen molar-refractivity contribution < 1.29 is 4.74 Å². The van der Waals surface area contributed by atoms with Crippen LogP contribution in [0.2, 0.25) is 0 Å². The molecule has 3 rings (SSSR count). The molecule has 0 unspecified atom stereocenters. The van der Waals surface area contributed by atoms with Crippen LogP contribution in [0.5, 0.6) is 5.75 Å². The van der Waals surface area contributed by atoms with Crippen molar-refractivity contribution in [3.63, 3.8) is 0 Å². The van der Waals surface area contributed by atoms with Gasteiger partial charge >= 0.3 is 0 Å². The van der Waals surface area contributed by atoms with Crippen LogP contribution in [0, 0.1) is 0 Å². The number of allylic oxidation sites excluding steroid dienone is 1. The van der Waals surface area contributed by atoms with Gasteiger partial charge in [-0.2, -0.15) is 0 Å². The predicted molar refractivity (Wildman–Crippen MR) is 96.9 cm³/mol. The van der Waals surface area contributed by atoms with Gasteiger partial charge in [-0.25, -0.2) is 5.84 Å². The summed E-state index contributed by atoms with van der Waals surface area (Å²) in [4.78, 5) is 0. The van der Waals surface area contributed by atoms with Crippen LogP contribution in [-0.2, 0) is 13.1 Å². The van der Waals surface area contributed by atoms with Crippen molar-refractivity contribution in [3.05, 3.63) is 78.3 Å². The second-order valence-electron chi connectivity index (χ2n) is 5.73. The van der Waals surface area contributed by atoms with Gasteiger partial charge in [-0.1, -0.05) is 30.3 Å². The molecular weight excluding hydrogens is 300 g/mol. The van der Waals surface area contributed by atoms with Crippen LogP contribution in [0.15, 0.2) is 72.7 Å². The van der Waals surface area contributed by atoms with Crippen molar-refractivity contribution in [1.82, 2.24) is 9.58 Å². The molecule has 0 aliphatic rings. The monoisotopic (exact) mass is 322 g/mol. The Morgan fingerprint density at radius 2 is 1.96 bits per heavy atom. The Hall–Kier alpha value is -2.92. The van der Waals surface area contributed by atoms with Crippen LogP contribution in [0.25, 0.3) is 10.9 Å². The van der Waals surface area contributed by atoms with E-state index in [9.17, 15) is 0 Å². The largest absolute Gasteiger partial charge is 0.497 e. The lowest BCUT2D eigenvalue weighted by Gasteiger charge is -2.15. The van der Waals surface area contributed by atoms with E-state index in [1.54, 1.807) is 18.3 Å². The second kappa shape index (κ2) is 7.10. The van der Waals surface area contributed by atoms with Gasteiger partial charge in [0.1, 0.15) is 5.75 Å². The van der Waals surface area contributed by atoms with E-state index in [0.717, 1.165) is 22.2 Å². The van der Waals surface area contributed by atoms with Gasteiger partial charge in [-0.05, 0) is 29.8 Å². The number of hydrogen-bond acceptors (Lipinski definition) is 4. The number of nitrogens with two attached hydrogens (primary N) is 2. The molecule has 0 aliphatic heterocycles. The van der Waals surface area contributed by atoms with Gasteiger partial charge in [0.25, 0.3) is 0 Å². The van der Waals surface area contributed by atoms with Crippen molar-refractivity contribution in [2.24, 2.45) is 11.6 Å². The number of rotatable bonds is 6. The van der Waals surface area contributed by atoms with Crippen molar-refractivity contribution >= 4 is 10.9 Å². The maximum atomic E-state index is 6.16. The first-order valence-electron chi connectivity index (χ1n) is 7.80. The third kappa shape index (κ3) is 3.70. The molecule has 124 valence electrons. The Morgan fingerprint density at radius 1 is 1.17 bits per heavy atom. The Kier molecular flexibility index (Phi) is 4.72. The number of benzene rings is 2. The fourth-order valence-corrected chi connectivity index (χ4v) is 2.73. The van der Waals surface area contributed by atoms with Gasteiger partial charge in [-0.15, -0.1) is 0 Å². The van der Waals surface area contributed by atoms with E-state index >= 15 is 0 Å².